The smallest absolute Gasteiger partial charge is 0.193 e. The summed E-state index contributed by atoms with van der Waals surface area (Å²) in [5.41, 5.74) is 6.76. The first-order chi connectivity index (χ1) is 7.61. The van der Waals surface area contributed by atoms with E-state index in [0.29, 0.717) is 11.9 Å². The Morgan fingerprint density at radius 1 is 1.50 bits per heavy atom. The molecule has 1 aromatic rings. The van der Waals surface area contributed by atoms with Crippen LogP contribution in [0.5, 0.6) is 0 Å². The van der Waals surface area contributed by atoms with E-state index in [4.69, 9.17) is 5.73 Å². The van der Waals surface area contributed by atoms with Crippen molar-refractivity contribution < 1.29 is 0 Å². The fourth-order valence-electron chi connectivity index (χ4n) is 1.17. The Balaban J connectivity index is 2.61. The third kappa shape index (κ3) is 4.57. The van der Waals surface area contributed by atoms with Crippen LogP contribution < -0.4 is 11.1 Å². The molecule has 0 aromatic heterocycles. The standard InChI is InChI=1S/C12H19N3S/c1-9(2)8-14-12(13)15-10-5-4-6-11(7-10)16-3/h4-7,9H,8H2,1-3H3,(H3,13,14,15). The van der Waals surface area contributed by atoms with Crippen molar-refractivity contribution in [3.8, 4) is 0 Å². The van der Waals surface area contributed by atoms with Gasteiger partial charge in [-0.15, -0.1) is 11.8 Å². The second-order valence-electron chi connectivity index (χ2n) is 3.98. The molecule has 0 bridgehead atoms. The highest BCUT2D eigenvalue weighted by molar-refractivity contribution is 7.98. The molecule has 0 amide bonds. The topological polar surface area (TPSA) is 50.4 Å². The van der Waals surface area contributed by atoms with Crippen molar-refractivity contribution in [1.29, 1.82) is 0 Å². The van der Waals surface area contributed by atoms with Crippen molar-refractivity contribution in [2.75, 3.05) is 18.1 Å². The van der Waals surface area contributed by atoms with Crippen molar-refractivity contribution >= 4 is 23.4 Å². The van der Waals surface area contributed by atoms with E-state index in [9.17, 15) is 0 Å². The quantitative estimate of drug-likeness (QED) is 0.481. The first kappa shape index (κ1) is 12.9. The number of nitrogens with two attached hydrogens (primary N) is 1. The number of guanidine groups is 1. The van der Waals surface area contributed by atoms with E-state index in [2.05, 4.69) is 42.5 Å². The van der Waals surface area contributed by atoms with Crippen LogP contribution in [-0.4, -0.2) is 18.8 Å². The Labute approximate surface area is 102 Å². The van der Waals surface area contributed by atoms with Crippen molar-refractivity contribution in [3.05, 3.63) is 24.3 Å². The van der Waals surface area contributed by atoms with Crippen LogP contribution in [0.2, 0.25) is 0 Å². The average molecular weight is 237 g/mol. The van der Waals surface area contributed by atoms with Gasteiger partial charge in [-0.3, -0.25) is 4.99 Å². The van der Waals surface area contributed by atoms with Crippen LogP contribution >= 0.6 is 11.8 Å². The molecule has 0 aliphatic carbocycles. The van der Waals surface area contributed by atoms with E-state index < -0.39 is 0 Å². The molecule has 3 N–H and O–H groups in total. The molecule has 0 saturated carbocycles. The van der Waals surface area contributed by atoms with E-state index in [0.717, 1.165) is 12.2 Å². The lowest BCUT2D eigenvalue weighted by Crippen LogP contribution is -2.23. The molecule has 16 heavy (non-hydrogen) atoms. The Morgan fingerprint density at radius 3 is 2.88 bits per heavy atom. The summed E-state index contributed by atoms with van der Waals surface area (Å²) in [7, 11) is 0. The number of nitrogens with zero attached hydrogens (tertiary/aromatic N) is 1. The normalized spacial score (nSPS) is 11.9. The highest BCUT2D eigenvalue weighted by Gasteiger charge is 1.97. The maximum atomic E-state index is 5.78. The molecular formula is C12H19N3S. The van der Waals surface area contributed by atoms with Crippen LogP contribution in [-0.2, 0) is 0 Å². The molecular weight excluding hydrogens is 218 g/mol. The summed E-state index contributed by atoms with van der Waals surface area (Å²) >= 11 is 1.71. The Hall–Kier alpha value is -1.16. The van der Waals surface area contributed by atoms with Gasteiger partial charge in [0.15, 0.2) is 5.96 Å². The summed E-state index contributed by atoms with van der Waals surface area (Å²) in [6.07, 6.45) is 2.05. The van der Waals surface area contributed by atoms with E-state index in [1.165, 1.54) is 4.90 Å². The molecule has 0 atom stereocenters. The van der Waals surface area contributed by atoms with Gasteiger partial charge in [0.25, 0.3) is 0 Å². The van der Waals surface area contributed by atoms with Gasteiger partial charge >= 0.3 is 0 Å². The van der Waals surface area contributed by atoms with Gasteiger partial charge in [-0.1, -0.05) is 19.9 Å². The molecule has 0 spiro atoms. The van der Waals surface area contributed by atoms with Crippen molar-refractivity contribution in [2.45, 2.75) is 18.7 Å². The maximum absolute atomic E-state index is 5.78. The number of aliphatic imine (C=N–C) groups is 1. The Bertz CT molecular complexity index is 361. The predicted octanol–water partition coefficient (Wildman–Crippen LogP) is 2.79. The summed E-state index contributed by atoms with van der Waals surface area (Å²) < 4.78 is 0. The summed E-state index contributed by atoms with van der Waals surface area (Å²) in [6.45, 7) is 4.98. The molecule has 0 heterocycles. The van der Waals surface area contributed by atoms with E-state index in [-0.39, 0.29) is 0 Å². The second kappa shape index (κ2) is 6.43. The van der Waals surface area contributed by atoms with Crippen LogP contribution in [0.4, 0.5) is 5.69 Å². The van der Waals surface area contributed by atoms with Crippen molar-refractivity contribution in [3.63, 3.8) is 0 Å². The van der Waals surface area contributed by atoms with E-state index in [1.807, 2.05) is 12.1 Å². The third-order valence-electron chi connectivity index (χ3n) is 1.97. The summed E-state index contributed by atoms with van der Waals surface area (Å²) in [5, 5.41) is 3.09. The zero-order valence-corrected chi connectivity index (χ0v) is 10.8. The predicted molar refractivity (Wildman–Crippen MR) is 73.2 cm³/mol. The number of benzene rings is 1. The number of nitrogens with one attached hydrogen (secondary N) is 1. The van der Waals surface area contributed by atoms with Crippen LogP contribution in [0, 0.1) is 5.92 Å². The Morgan fingerprint density at radius 2 is 2.25 bits per heavy atom. The van der Waals surface area contributed by atoms with E-state index >= 15 is 0 Å². The van der Waals surface area contributed by atoms with Gasteiger partial charge in [0.1, 0.15) is 0 Å². The molecule has 0 saturated heterocycles. The highest BCUT2D eigenvalue weighted by Crippen LogP contribution is 2.18. The largest absolute Gasteiger partial charge is 0.370 e. The van der Waals surface area contributed by atoms with Crippen LogP contribution in [0.1, 0.15) is 13.8 Å². The number of anilines is 1. The lowest BCUT2D eigenvalue weighted by molar-refractivity contribution is 0.665. The van der Waals surface area contributed by atoms with Crippen molar-refractivity contribution in [1.82, 2.24) is 0 Å². The number of hydrogen-bond donors (Lipinski definition) is 2. The first-order valence-electron chi connectivity index (χ1n) is 5.33. The van der Waals surface area contributed by atoms with Gasteiger partial charge < -0.3 is 11.1 Å². The molecule has 0 unspecified atom stereocenters. The van der Waals surface area contributed by atoms with Gasteiger partial charge in [-0.25, -0.2) is 0 Å². The molecule has 1 aromatic carbocycles. The number of rotatable bonds is 4. The van der Waals surface area contributed by atoms with Gasteiger partial charge in [-0.2, -0.15) is 0 Å². The summed E-state index contributed by atoms with van der Waals surface area (Å²) in [4.78, 5) is 5.46. The molecule has 0 fully saturated rings. The minimum Gasteiger partial charge on any atom is -0.370 e. The SMILES string of the molecule is CSc1cccc(NC(N)=NCC(C)C)c1. The minimum atomic E-state index is 0.479. The fourth-order valence-corrected chi connectivity index (χ4v) is 1.63. The molecule has 4 heteroatoms. The van der Waals surface area contributed by atoms with Gasteiger partial charge in [-0.05, 0) is 30.4 Å². The molecule has 0 aliphatic heterocycles. The molecule has 1 rings (SSSR count). The average Bonchev–Trinajstić information content (AvgIpc) is 2.26. The summed E-state index contributed by atoms with van der Waals surface area (Å²) in [5.74, 6) is 1.00. The molecule has 0 radical (unpaired) electrons. The van der Waals surface area contributed by atoms with Crippen LogP contribution in [0.15, 0.2) is 34.2 Å². The van der Waals surface area contributed by atoms with Gasteiger partial charge in [0, 0.05) is 17.1 Å². The zero-order chi connectivity index (χ0) is 12.0. The zero-order valence-electron chi connectivity index (χ0n) is 10.0. The van der Waals surface area contributed by atoms with Crippen LogP contribution in [0.3, 0.4) is 0 Å². The number of hydrogen-bond acceptors (Lipinski definition) is 2. The molecule has 88 valence electrons. The lowest BCUT2D eigenvalue weighted by atomic mass is 10.2. The summed E-state index contributed by atoms with van der Waals surface area (Å²) in [6, 6.07) is 8.11. The molecule has 0 aliphatic rings. The monoisotopic (exact) mass is 237 g/mol. The first-order valence-corrected chi connectivity index (χ1v) is 6.55. The van der Waals surface area contributed by atoms with Gasteiger partial charge in [0.05, 0.1) is 0 Å². The van der Waals surface area contributed by atoms with E-state index in [1.54, 1.807) is 11.8 Å². The third-order valence-corrected chi connectivity index (χ3v) is 2.69. The maximum Gasteiger partial charge on any atom is 0.193 e. The van der Waals surface area contributed by atoms with Crippen LogP contribution in [0.25, 0.3) is 0 Å². The van der Waals surface area contributed by atoms with Crippen molar-refractivity contribution in [2.24, 2.45) is 16.6 Å². The Kier molecular flexibility index (Phi) is 5.19. The lowest BCUT2D eigenvalue weighted by Gasteiger charge is -2.07. The fraction of sp³-hybridized carbons (Fsp3) is 0.417. The van der Waals surface area contributed by atoms with Gasteiger partial charge in [0.2, 0.25) is 0 Å². The minimum absolute atomic E-state index is 0.479. The highest BCUT2D eigenvalue weighted by atomic mass is 32.2. The number of thioether (sulfide) groups is 1. The molecule has 3 nitrogen and oxygen atoms in total. The second-order valence-corrected chi connectivity index (χ2v) is 4.86.